The molecule has 36 heavy (non-hydrogen) atoms. The van der Waals surface area contributed by atoms with Crippen molar-refractivity contribution in [2.24, 2.45) is 13.0 Å². The van der Waals surface area contributed by atoms with Gasteiger partial charge in [-0.05, 0) is 37.8 Å². The molecule has 1 atom stereocenters. The van der Waals surface area contributed by atoms with E-state index in [0.717, 1.165) is 10.5 Å². The molecule has 2 saturated heterocycles. The Morgan fingerprint density at radius 2 is 1.81 bits per heavy atom. The lowest BCUT2D eigenvalue weighted by atomic mass is 9.85. The normalized spacial score (nSPS) is 18.4. The van der Waals surface area contributed by atoms with Gasteiger partial charge in [0.25, 0.3) is 11.8 Å². The number of halogens is 1. The number of anilines is 1. The summed E-state index contributed by atoms with van der Waals surface area (Å²) in [7, 11) is 3.18. The first-order valence-electron chi connectivity index (χ1n) is 11.9. The lowest BCUT2D eigenvalue weighted by Gasteiger charge is -2.42. The lowest BCUT2D eigenvalue weighted by molar-refractivity contribution is -0.139. The molecule has 192 valence electrons. The Hall–Kier alpha value is -3.76. The zero-order valence-corrected chi connectivity index (χ0v) is 21.1. The maximum atomic E-state index is 14.2. The summed E-state index contributed by atoms with van der Waals surface area (Å²) >= 11 is 0. The monoisotopic (exact) mass is 498 g/mol. The highest BCUT2D eigenvalue weighted by atomic mass is 19.1. The molecule has 0 unspecified atom stereocenters. The fourth-order valence-corrected chi connectivity index (χ4v) is 4.99. The molecule has 11 heteroatoms. The number of benzene rings is 1. The van der Waals surface area contributed by atoms with Gasteiger partial charge in [-0.2, -0.15) is 5.10 Å². The van der Waals surface area contributed by atoms with Gasteiger partial charge in [0.1, 0.15) is 17.4 Å². The van der Waals surface area contributed by atoms with Crippen molar-refractivity contribution in [3.05, 3.63) is 47.5 Å². The molecule has 0 saturated carbocycles. The molecule has 2 aromatic rings. The number of likely N-dealkylation sites (tertiary alicyclic amines) is 1. The van der Waals surface area contributed by atoms with E-state index in [9.17, 15) is 23.6 Å². The number of piperidine rings is 1. The quantitative estimate of drug-likeness (QED) is 0.635. The van der Waals surface area contributed by atoms with E-state index in [4.69, 9.17) is 0 Å². The Balaban J connectivity index is 1.52. The summed E-state index contributed by atoms with van der Waals surface area (Å²) in [5, 5.41) is 6.83. The number of hydrogen-bond acceptors (Lipinski definition) is 5. The van der Waals surface area contributed by atoms with Crippen LogP contribution in [0.4, 0.5) is 14.9 Å². The van der Waals surface area contributed by atoms with Crippen molar-refractivity contribution in [2.45, 2.75) is 45.2 Å². The van der Waals surface area contributed by atoms with Crippen LogP contribution in [0.1, 0.15) is 42.6 Å². The van der Waals surface area contributed by atoms with Crippen LogP contribution in [-0.4, -0.2) is 75.1 Å². The lowest BCUT2D eigenvalue weighted by Crippen LogP contribution is -2.60. The third-order valence-electron chi connectivity index (χ3n) is 7.05. The molecule has 2 aliphatic heterocycles. The van der Waals surface area contributed by atoms with Crippen LogP contribution in [0.15, 0.2) is 30.6 Å². The minimum Gasteiger partial charge on any atom is -0.341 e. The molecule has 0 aliphatic carbocycles. The van der Waals surface area contributed by atoms with Gasteiger partial charge >= 0.3 is 6.03 Å². The van der Waals surface area contributed by atoms with Crippen molar-refractivity contribution in [3.63, 3.8) is 0 Å². The number of nitrogens with one attached hydrogen (secondary N) is 1. The van der Waals surface area contributed by atoms with Crippen molar-refractivity contribution in [2.75, 3.05) is 25.0 Å². The topological polar surface area (TPSA) is 108 Å². The number of aryl methyl sites for hydroxylation is 2. The molecule has 10 nitrogen and oxygen atoms in total. The molecule has 5 amide bonds. The molecular weight excluding hydrogens is 467 g/mol. The maximum Gasteiger partial charge on any atom is 0.332 e. The molecular formula is C25H31FN6O4. The average Bonchev–Trinajstić information content (AvgIpc) is 3.34. The highest BCUT2D eigenvalue weighted by Gasteiger charge is 2.58. The molecule has 0 bridgehead atoms. The summed E-state index contributed by atoms with van der Waals surface area (Å²) in [5.74, 6) is -2.18. The minimum atomic E-state index is -1.10. The largest absolute Gasteiger partial charge is 0.341 e. The standard InChI is InChI=1S/C25H31FN6O4/c1-15(2)20(28-21(33)18-12-16(3)6-7-19(18)26)22(34)31-10-8-25(9-11-31)23(35)30(5)24(36)32(25)17-13-27-29(4)14-17/h6-7,12-15,20H,8-11H2,1-5H3,(H,28,33)/t20-/m1/s1. The Bertz CT molecular complexity index is 1220. The van der Waals surface area contributed by atoms with Crippen molar-refractivity contribution in [1.29, 1.82) is 0 Å². The molecule has 2 fully saturated rings. The van der Waals surface area contributed by atoms with Crippen LogP contribution in [0.3, 0.4) is 0 Å². The van der Waals surface area contributed by atoms with Gasteiger partial charge in [0.15, 0.2) is 0 Å². The third-order valence-corrected chi connectivity index (χ3v) is 7.05. The second-order valence-corrected chi connectivity index (χ2v) is 9.89. The molecule has 3 heterocycles. The van der Waals surface area contributed by atoms with E-state index < -0.39 is 29.3 Å². The van der Waals surface area contributed by atoms with Crippen LogP contribution in [0.2, 0.25) is 0 Å². The Labute approximate surface area is 209 Å². The number of amides is 5. The van der Waals surface area contributed by atoms with Gasteiger partial charge in [-0.1, -0.05) is 25.5 Å². The van der Waals surface area contributed by atoms with Crippen molar-refractivity contribution < 1.29 is 23.6 Å². The van der Waals surface area contributed by atoms with Gasteiger partial charge in [-0.25, -0.2) is 9.18 Å². The fourth-order valence-electron chi connectivity index (χ4n) is 4.99. The second-order valence-electron chi connectivity index (χ2n) is 9.89. The number of rotatable bonds is 5. The molecule has 1 aromatic carbocycles. The number of carbonyl (C=O) groups is 4. The summed E-state index contributed by atoms with van der Waals surface area (Å²) in [6.45, 7) is 5.81. The van der Waals surface area contributed by atoms with E-state index >= 15 is 0 Å². The predicted octanol–water partition coefficient (Wildman–Crippen LogP) is 2.08. The molecule has 1 spiro atoms. The first kappa shape index (κ1) is 25.3. The van der Waals surface area contributed by atoms with Crippen molar-refractivity contribution >= 4 is 29.4 Å². The van der Waals surface area contributed by atoms with Crippen LogP contribution in [0, 0.1) is 18.7 Å². The Morgan fingerprint density at radius 1 is 1.14 bits per heavy atom. The summed E-state index contributed by atoms with van der Waals surface area (Å²) in [4.78, 5) is 56.6. The maximum absolute atomic E-state index is 14.2. The summed E-state index contributed by atoms with van der Waals surface area (Å²) in [6.07, 6.45) is 3.71. The molecule has 2 aliphatic rings. The zero-order valence-electron chi connectivity index (χ0n) is 21.1. The van der Waals surface area contributed by atoms with Crippen LogP contribution in [0.5, 0.6) is 0 Å². The minimum absolute atomic E-state index is 0.115. The van der Waals surface area contributed by atoms with Gasteiger partial charge < -0.3 is 10.2 Å². The van der Waals surface area contributed by atoms with Crippen LogP contribution >= 0.6 is 0 Å². The Morgan fingerprint density at radius 3 is 2.39 bits per heavy atom. The van der Waals surface area contributed by atoms with Gasteiger partial charge in [-0.15, -0.1) is 0 Å². The molecule has 0 radical (unpaired) electrons. The van der Waals surface area contributed by atoms with E-state index in [0.29, 0.717) is 5.69 Å². The van der Waals surface area contributed by atoms with Crippen LogP contribution in [-0.2, 0) is 16.6 Å². The van der Waals surface area contributed by atoms with Gasteiger partial charge in [0.05, 0.1) is 17.4 Å². The van der Waals surface area contributed by atoms with Crippen molar-refractivity contribution in [3.8, 4) is 0 Å². The van der Waals surface area contributed by atoms with Gasteiger partial charge in [0.2, 0.25) is 5.91 Å². The third kappa shape index (κ3) is 4.22. The highest BCUT2D eigenvalue weighted by molar-refractivity contribution is 6.16. The number of urea groups is 1. The fraction of sp³-hybridized carbons (Fsp3) is 0.480. The smallest absolute Gasteiger partial charge is 0.332 e. The average molecular weight is 499 g/mol. The van der Waals surface area contributed by atoms with E-state index in [2.05, 4.69) is 10.4 Å². The van der Waals surface area contributed by atoms with E-state index in [1.807, 2.05) is 0 Å². The number of aromatic nitrogens is 2. The summed E-state index contributed by atoms with van der Waals surface area (Å²) in [6, 6.07) is 2.95. The number of likely N-dealkylation sites (N-methyl/N-ethyl adjacent to an activating group) is 1. The van der Waals surface area contributed by atoms with E-state index in [-0.39, 0.29) is 49.2 Å². The summed E-state index contributed by atoms with van der Waals surface area (Å²) in [5.41, 5.74) is 0.0327. The molecule has 1 N–H and O–H groups in total. The van der Waals surface area contributed by atoms with Gasteiger partial charge in [-0.3, -0.25) is 28.9 Å². The van der Waals surface area contributed by atoms with Crippen LogP contribution < -0.4 is 10.2 Å². The SMILES string of the molecule is Cc1ccc(F)c(C(=O)N[C@@H](C(=O)N2CCC3(CC2)C(=O)N(C)C(=O)N3c2cnn(C)c2)C(C)C)c1. The number of hydrogen-bond donors (Lipinski definition) is 1. The number of imide groups is 1. The van der Waals surface area contributed by atoms with Gasteiger partial charge in [0, 0.05) is 33.4 Å². The molecule has 1 aromatic heterocycles. The van der Waals surface area contributed by atoms with E-state index in [1.54, 1.807) is 55.9 Å². The summed E-state index contributed by atoms with van der Waals surface area (Å²) < 4.78 is 15.8. The highest BCUT2D eigenvalue weighted by Crippen LogP contribution is 2.40. The predicted molar refractivity (Wildman–Crippen MR) is 130 cm³/mol. The zero-order chi connectivity index (χ0) is 26.4. The Kier molecular flexibility index (Phi) is 6.59. The first-order valence-corrected chi connectivity index (χ1v) is 11.9. The van der Waals surface area contributed by atoms with Crippen molar-refractivity contribution in [1.82, 2.24) is 24.9 Å². The molecule has 4 rings (SSSR count). The van der Waals surface area contributed by atoms with E-state index in [1.165, 1.54) is 24.1 Å². The number of carbonyl (C=O) groups excluding carboxylic acids is 4. The first-order chi connectivity index (χ1) is 17.0. The number of nitrogens with zero attached hydrogens (tertiary/aromatic N) is 5. The van der Waals surface area contributed by atoms with Crippen LogP contribution in [0.25, 0.3) is 0 Å². The second kappa shape index (κ2) is 9.36.